The Morgan fingerprint density at radius 2 is 1.70 bits per heavy atom. The van der Waals surface area contributed by atoms with Gasteiger partial charge < -0.3 is 24.8 Å². The van der Waals surface area contributed by atoms with E-state index in [0.29, 0.717) is 34.3 Å². The lowest BCUT2D eigenvalue weighted by atomic mass is 10.1. The molecule has 0 aliphatic heterocycles. The molecule has 3 rings (SSSR count). The third-order valence-corrected chi connectivity index (χ3v) is 5.09. The number of carbonyl (C=O) groups excluding carboxylic acids is 1. The summed E-state index contributed by atoms with van der Waals surface area (Å²) in [6.45, 7) is 1.30. The first-order valence-electron chi connectivity index (χ1n) is 9.61. The number of nitrogens with two attached hydrogens (primary N) is 1. The highest BCUT2D eigenvalue weighted by molar-refractivity contribution is 6.35. The summed E-state index contributed by atoms with van der Waals surface area (Å²) in [4.78, 5) is 26.3. The van der Waals surface area contributed by atoms with E-state index in [0.717, 1.165) is 10.6 Å². The molecule has 0 aliphatic rings. The molecule has 11 heteroatoms. The van der Waals surface area contributed by atoms with Crippen molar-refractivity contribution in [3.05, 3.63) is 57.7 Å². The van der Waals surface area contributed by atoms with Gasteiger partial charge in [-0.3, -0.25) is 4.79 Å². The van der Waals surface area contributed by atoms with Gasteiger partial charge in [-0.2, -0.15) is 4.98 Å². The molecule has 0 radical (unpaired) electrons. The molecule has 2 N–H and O–H groups in total. The Morgan fingerprint density at radius 1 is 1.03 bits per heavy atom. The Balaban J connectivity index is 1.89. The minimum Gasteiger partial charge on any atom is -0.493 e. The van der Waals surface area contributed by atoms with E-state index < -0.39 is 5.91 Å². The zero-order valence-corrected chi connectivity index (χ0v) is 19.9. The highest BCUT2D eigenvalue weighted by Gasteiger charge is 2.21. The maximum atomic E-state index is 12.2. The predicted molar refractivity (Wildman–Crippen MR) is 126 cm³/mol. The SMILES string of the molecule is COc1cc(Cc2cnc(N(Oc3ccc(Cl)cc3Cl)C(C)=O)nc2N)cc(OC)c1OC. The van der Waals surface area contributed by atoms with Crippen LogP contribution in [0.2, 0.25) is 10.0 Å². The van der Waals surface area contributed by atoms with E-state index in [4.69, 9.17) is 48.0 Å². The van der Waals surface area contributed by atoms with Gasteiger partial charge in [-0.15, -0.1) is 5.06 Å². The zero-order chi connectivity index (χ0) is 24.1. The molecule has 174 valence electrons. The van der Waals surface area contributed by atoms with Gasteiger partial charge in [0.15, 0.2) is 17.2 Å². The third kappa shape index (κ3) is 5.50. The fraction of sp³-hybridized carbons (Fsp3) is 0.227. The molecule has 33 heavy (non-hydrogen) atoms. The monoisotopic (exact) mass is 492 g/mol. The van der Waals surface area contributed by atoms with Crippen molar-refractivity contribution in [1.29, 1.82) is 0 Å². The maximum Gasteiger partial charge on any atom is 0.269 e. The number of amides is 1. The number of hydrogen-bond acceptors (Lipinski definition) is 8. The normalized spacial score (nSPS) is 10.5. The zero-order valence-electron chi connectivity index (χ0n) is 18.4. The summed E-state index contributed by atoms with van der Waals surface area (Å²) < 4.78 is 16.1. The Kier molecular flexibility index (Phi) is 7.67. The molecular weight excluding hydrogens is 471 g/mol. The van der Waals surface area contributed by atoms with Gasteiger partial charge in [0.2, 0.25) is 5.75 Å². The smallest absolute Gasteiger partial charge is 0.269 e. The van der Waals surface area contributed by atoms with Gasteiger partial charge >= 0.3 is 0 Å². The number of hydrogen-bond donors (Lipinski definition) is 1. The van der Waals surface area contributed by atoms with Crippen molar-refractivity contribution in [2.75, 3.05) is 32.1 Å². The summed E-state index contributed by atoms with van der Waals surface area (Å²) in [5, 5.41) is 1.55. The van der Waals surface area contributed by atoms with E-state index in [2.05, 4.69) is 9.97 Å². The molecule has 1 heterocycles. The molecule has 0 spiro atoms. The first kappa shape index (κ1) is 24.2. The number of anilines is 2. The van der Waals surface area contributed by atoms with Crippen molar-refractivity contribution < 1.29 is 23.8 Å². The van der Waals surface area contributed by atoms with Crippen molar-refractivity contribution in [3.8, 4) is 23.0 Å². The highest BCUT2D eigenvalue weighted by Crippen LogP contribution is 2.39. The number of rotatable bonds is 8. The van der Waals surface area contributed by atoms with Gasteiger partial charge in [0.1, 0.15) is 5.82 Å². The lowest BCUT2D eigenvalue weighted by molar-refractivity contribution is -0.120. The van der Waals surface area contributed by atoms with E-state index in [9.17, 15) is 4.79 Å². The number of benzene rings is 2. The molecule has 1 aromatic heterocycles. The first-order valence-corrected chi connectivity index (χ1v) is 10.4. The molecule has 0 saturated heterocycles. The molecule has 1 amide bonds. The number of carbonyl (C=O) groups is 1. The molecule has 0 bridgehead atoms. The van der Waals surface area contributed by atoms with Gasteiger partial charge in [0, 0.05) is 30.1 Å². The van der Waals surface area contributed by atoms with E-state index in [1.165, 1.54) is 46.6 Å². The average Bonchev–Trinajstić information content (AvgIpc) is 2.79. The van der Waals surface area contributed by atoms with Crippen LogP contribution in [0.25, 0.3) is 0 Å². The predicted octanol–water partition coefficient (Wildman–Crippen LogP) is 4.33. The molecule has 0 unspecified atom stereocenters. The van der Waals surface area contributed by atoms with E-state index in [1.807, 2.05) is 12.1 Å². The number of nitrogen functional groups attached to an aromatic ring is 1. The summed E-state index contributed by atoms with van der Waals surface area (Å²) in [5.74, 6) is 1.37. The largest absolute Gasteiger partial charge is 0.493 e. The van der Waals surface area contributed by atoms with E-state index in [1.54, 1.807) is 6.07 Å². The second kappa shape index (κ2) is 10.5. The molecular formula is C22H22Cl2N4O5. The number of ether oxygens (including phenoxy) is 3. The topological polar surface area (TPSA) is 109 Å². The van der Waals surface area contributed by atoms with Gasteiger partial charge in [0.25, 0.3) is 11.9 Å². The molecule has 0 saturated carbocycles. The van der Waals surface area contributed by atoms with Crippen LogP contribution >= 0.6 is 23.2 Å². The number of aromatic nitrogens is 2. The van der Waals surface area contributed by atoms with Crippen LogP contribution in [0.15, 0.2) is 36.5 Å². The molecule has 2 aromatic carbocycles. The number of halogens is 2. The first-order chi connectivity index (χ1) is 15.8. The van der Waals surface area contributed by atoms with Crippen molar-refractivity contribution >= 4 is 40.9 Å². The van der Waals surface area contributed by atoms with Crippen molar-refractivity contribution in [2.24, 2.45) is 0 Å². The average molecular weight is 493 g/mol. The second-order valence-corrected chi connectivity index (χ2v) is 7.61. The number of methoxy groups -OCH3 is 3. The summed E-state index contributed by atoms with van der Waals surface area (Å²) in [7, 11) is 4.61. The number of nitrogens with zero attached hydrogens (tertiary/aromatic N) is 3. The van der Waals surface area contributed by atoms with Crippen molar-refractivity contribution in [2.45, 2.75) is 13.3 Å². The van der Waals surface area contributed by atoms with Crippen LogP contribution in [0, 0.1) is 0 Å². The van der Waals surface area contributed by atoms with Crippen LogP contribution in [-0.4, -0.2) is 37.2 Å². The quantitative estimate of drug-likeness (QED) is 0.462. The van der Waals surface area contributed by atoms with Crippen molar-refractivity contribution in [1.82, 2.24) is 9.97 Å². The fourth-order valence-electron chi connectivity index (χ4n) is 3.00. The van der Waals surface area contributed by atoms with Crippen LogP contribution in [0.1, 0.15) is 18.1 Å². The standard InChI is InChI=1S/C22H22Cl2N4O5/c1-12(29)28(33-17-6-5-15(23)10-16(17)24)22-26-11-14(21(25)27-22)7-13-8-18(30-2)20(32-4)19(9-13)31-3/h5-6,8-11H,7H2,1-4H3,(H2,25,26,27). The summed E-state index contributed by atoms with van der Waals surface area (Å²) in [6.07, 6.45) is 1.90. The summed E-state index contributed by atoms with van der Waals surface area (Å²) >= 11 is 12.0. The van der Waals surface area contributed by atoms with Crippen molar-refractivity contribution in [3.63, 3.8) is 0 Å². The fourth-order valence-corrected chi connectivity index (χ4v) is 3.44. The molecule has 3 aromatic rings. The summed E-state index contributed by atoms with van der Waals surface area (Å²) in [5.41, 5.74) is 7.63. The minimum atomic E-state index is -0.474. The second-order valence-electron chi connectivity index (χ2n) is 6.77. The molecule has 0 atom stereocenters. The van der Waals surface area contributed by atoms with Gasteiger partial charge in [-0.05, 0) is 35.9 Å². The molecule has 0 fully saturated rings. The molecule has 9 nitrogen and oxygen atoms in total. The Morgan fingerprint density at radius 3 is 2.21 bits per heavy atom. The lowest BCUT2D eigenvalue weighted by Gasteiger charge is -2.20. The Bertz CT molecular complexity index is 1150. The maximum absolute atomic E-state index is 12.2. The van der Waals surface area contributed by atoms with Crippen LogP contribution < -0.4 is 29.8 Å². The Labute approximate surface area is 200 Å². The third-order valence-electron chi connectivity index (χ3n) is 4.56. The van der Waals surface area contributed by atoms with Crippen LogP contribution in [0.3, 0.4) is 0 Å². The van der Waals surface area contributed by atoms with Gasteiger partial charge in [0.05, 0.1) is 26.4 Å². The van der Waals surface area contributed by atoms with Gasteiger partial charge in [-0.1, -0.05) is 23.2 Å². The summed E-state index contributed by atoms with van der Waals surface area (Å²) in [6, 6.07) is 8.22. The highest BCUT2D eigenvalue weighted by atomic mass is 35.5. The molecule has 0 aliphatic carbocycles. The van der Waals surface area contributed by atoms with Crippen LogP contribution in [-0.2, 0) is 11.2 Å². The minimum absolute atomic E-state index is 0.0420. The van der Waals surface area contributed by atoms with Crippen LogP contribution in [0.4, 0.5) is 11.8 Å². The number of hydroxylamine groups is 1. The van der Waals surface area contributed by atoms with Gasteiger partial charge in [-0.25, -0.2) is 4.98 Å². The lowest BCUT2D eigenvalue weighted by Crippen LogP contribution is -2.34. The van der Waals surface area contributed by atoms with E-state index >= 15 is 0 Å². The van der Waals surface area contributed by atoms with Crippen LogP contribution in [0.5, 0.6) is 23.0 Å². The van der Waals surface area contributed by atoms with E-state index in [-0.39, 0.29) is 22.5 Å². The Hall–Kier alpha value is -3.43.